The number of Topliss-reactive ketones (excluding diaryl/α,β-unsaturated/α-hetero) is 1. The number of para-hydroxylation sites is 1. The molecule has 3 aromatic rings. The number of nitrogens with one attached hydrogen (secondary N) is 2. The van der Waals surface area contributed by atoms with Gasteiger partial charge in [-0.05, 0) is 45.7 Å². The minimum Gasteiger partial charge on any atom is -0.593 e. The molecule has 0 amide bonds. The van der Waals surface area contributed by atoms with Gasteiger partial charge in [0.25, 0.3) is 0 Å². The fourth-order valence-electron chi connectivity index (χ4n) is 3.26. The Morgan fingerprint density at radius 3 is 2.61 bits per heavy atom. The lowest BCUT2D eigenvalue weighted by molar-refractivity contribution is 0.0968. The van der Waals surface area contributed by atoms with Gasteiger partial charge in [-0.3, -0.25) is 9.48 Å². The van der Waals surface area contributed by atoms with Crippen LogP contribution in [0.3, 0.4) is 0 Å². The van der Waals surface area contributed by atoms with Crippen LogP contribution in [0, 0.1) is 5.92 Å². The number of carbonyl (C=O) groups is 1. The first-order valence-electron chi connectivity index (χ1n) is 10.7. The van der Waals surface area contributed by atoms with Crippen molar-refractivity contribution in [3.63, 3.8) is 0 Å². The molecule has 1 fully saturated rings. The topological polar surface area (TPSA) is 117 Å². The van der Waals surface area contributed by atoms with Crippen LogP contribution in [0.15, 0.2) is 36.8 Å². The van der Waals surface area contributed by atoms with E-state index in [0.29, 0.717) is 34.3 Å². The molecule has 1 atom stereocenters. The molecule has 2 heterocycles. The quantitative estimate of drug-likeness (QED) is 0.375. The summed E-state index contributed by atoms with van der Waals surface area (Å²) in [6.07, 6.45) is 4.94. The van der Waals surface area contributed by atoms with E-state index < -0.39 is 16.1 Å². The molecule has 174 valence electrons. The molecule has 1 aliphatic rings. The van der Waals surface area contributed by atoms with Crippen molar-refractivity contribution in [3.05, 3.63) is 42.4 Å². The predicted octanol–water partition coefficient (Wildman–Crippen LogP) is 4.10. The van der Waals surface area contributed by atoms with Crippen molar-refractivity contribution in [2.45, 2.75) is 38.4 Å². The molecule has 1 aliphatic carbocycles. The number of rotatable bonds is 8. The zero-order chi connectivity index (χ0) is 23.8. The minimum atomic E-state index is -1.36. The van der Waals surface area contributed by atoms with E-state index in [4.69, 9.17) is 4.74 Å². The molecule has 0 unspecified atom stereocenters. The first-order valence-corrected chi connectivity index (χ1v) is 11.8. The van der Waals surface area contributed by atoms with Crippen molar-refractivity contribution in [3.8, 4) is 17.1 Å². The van der Waals surface area contributed by atoms with Crippen molar-refractivity contribution >= 4 is 34.3 Å². The van der Waals surface area contributed by atoms with Crippen LogP contribution in [0.25, 0.3) is 11.4 Å². The third-order valence-electron chi connectivity index (χ3n) is 5.20. The molecule has 33 heavy (non-hydrogen) atoms. The summed E-state index contributed by atoms with van der Waals surface area (Å²) in [5, 5.41) is 7.71. The average molecular weight is 469 g/mol. The van der Waals surface area contributed by atoms with Crippen molar-refractivity contribution in [1.82, 2.24) is 19.7 Å². The summed E-state index contributed by atoms with van der Waals surface area (Å²) in [6.45, 7) is 5.63. The maximum atomic E-state index is 12.9. The summed E-state index contributed by atoms with van der Waals surface area (Å²) in [7, 11) is 3.38. The highest BCUT2D eigenvalue weighted by molar-refractivity contribution is 7.94. The summed E-state index contributed by atoms with van der Waals surface area (Å²) in [5.74, 6) is 1.58. The molecule has 0 spiro atoms. The molecule has 10 heteroatoms. The normalized spacial score (nSPS) is 14.6. The number of hydrogen-bond donors (Lipinski definition) is 2. The van der Waals surface area contributed by atoms with Crippen molar-refractivity contribution in [2.24, 2.45) is 13.0 Å². The van der Waals surface area contributed by atoms with E-state index in [-0.39, 0.29) is 11.7 Å². The Kier molecular flexibility index (Phi) is 6.31. The van der Waals surface area contributed by atoms with Gasteiger partial charge < -0.3 is 14.6 Å². The van der Waals surface area contributed by atoms with Crippen LogP contribution in [0.1, 0.15) is 44.0 Å². The molecule has 9 nitrogen and oxygen atoms in total. The number of carbonyl (C=O) groups excluding carboxylic acids is 1. The number of aromatic nitrogens is 4. The summed E-state index contributed by atoms with van der Waals surface area (Å²) >= 11 is -1.36. The van der Waals surface area contributed by atoms with Crippen LogP contribution >= 0.6 is 0 Å². The van der Waals surface area contributed by atoms with Gasteiger partial charge >= 0.3 is 0 Å². The van der Waals surface area contributed by atoms with Crippen LogP contribution in [-0.4, -0.2) is 41.9 Å². The Morgan fingerprint density at radius 2 is 2.00 bits per heavy atom. The van der Waals surface area contributed by atoms with Gasteiger partial charge in [0.1, 0.15) is 11.1 Å². The molecule has 0 saturated heterocycles. The number of ketones is 1. The molecule has 0 bridgehead atoms. The Hall–Kier alpha value is -3.11. The monoisotopic (exact) mass is 468 g/mol. The first kappa shape index (κ1) is 23.1. The number of hydrogen-bond acceptors (Lipinski definition) is 8. The Labute approximate surface area is 196 Å². The van der Waals surface area contributed by atoms with Gasteiger partial charge in [-0.1, -0.05) is 6.07 Å². The van der Waals surface area contributed by atoms with E-state index in [1.165, 1.54) is 0 Å². The summed E-state index contributed by atoms with van der Waals surface area (Å²) in [6, 6.07) is 7.32. The van der Waals surface area contributed by atoms with Gasteiger partial charge in [0.15, 0.2) is 23.2 Å². The highest BCUT2D eigenvalue weighted by Crippen LogP contribution is 2.39. The average Bonchev–Trinajstić information content (AvgIpc) is 3.53. The van der Waals surface area contributed by atoms with Crippen LogP contribution in [0.2, 0.25) is 0 Å². The number of pyridine rings is 1. The number of methoxy groups -OCH3 is 1. The second kappa shape index (κ2) is 9.03. The Balaban J connectivity index is 1.72. The van der Waals surface area contributed by atoms with E-state index >= 15 is 0 Å². The molecule has 2 N–H and O–H groups in total. The lowest BCUT2D eigenvalue weighted by Gasteiger charge is -2.24. The van der Waals surface area contributed by atoms with Crippen molar-refractivity contribution < 1.29 is 14.1 Å². The number of nitrogens with zero attached hydrogens (tertiary/aromatic N) is 4. The highest BCUT2D eigenvalue weighted by atomic mass is 32.2. The maximum absolute atomic E-state index is 12.9. The van der Waals surface area contributed by atoms with E-state index in [1.807, 2.05) is 39.0 Å². The number of aryl methyl sites for hydroxylation is 1. The molecule has 4 rings (SSSR count). The van der Waals surface area contributed by atoms with Gasteiger partial charge in [0.2, 0.25) is 0 Å². The fourth-order valence-corrected chi connectivity index (χ4v) is 3.87. The molecule has 0 radical (unpaired) electrons. The van der Waals surface area contributed by atoms with Crippen molar-refractivity contribution in [1.29, 1.82) is 0 Å². The van der Waals surface area contributed by atoms with Crippen molar-refractivity contribution in [2.75, 3.05) is 17.1 Å². The molecule has 1 saturated carbocycles. The van der Waals surface area contributed by atoms with Gasteiger partial charge in [-0.2, -0.15) is 9.82 Å². The Morgan fingerprint density at radius 1 is 1.24 bits per heavy atom. The predicted molar refractivity (Wildman–Crippen MR) is 129 cm³/mol. The SMILES string of the molecule is COc1c(Nc2cc(N[S@+]([O-])C(C)(C)C)ncc2C(=O)C2CC2)cccc1-c1ncn(C)n1. The highest BCUT2D eigenvalue weighted by Gasteiger charge is 2.33. The second-order valence-electron chi connectivity index (χ2n) is 8.99. The van der Waals surface area contributed by atoms with E-state index in [9.17, 15) is 9.35 Å². The molecular formula is C23H28N6O3S. The second-order valence-corrected chi connectivity index (χ2v) is 11.0. The van der Waals surface area contributed by atoms with Crippen LogP contribution < -0.4 is 14.8 Å². The largest absolute Gasteiger partial charge is 0.593 e. The van der Waals surface area contributed by atoms with E-state index in [2.05, 4.69) is 25.1 Å². The number of anilines is 3. The molecule has 2 aromatic heterocycles. The number of benzene rings is 1. The Bertz CT molecular complexity index is 1170. The summed E-state index contributed by atoms with van der Waals surface area (Å²) < 4.78 is 22.4. The molecular weight excluding hydrogens is 440 g/mol. The van der Waals surface area contributed by atoms with Crippen LogP contribution in [0.5, 0.6) is 5.75 Å². The maximum Gasteiger partial charge on any atom is 0.184 e. The van der Waals surface area contributed by atoms with Gasteiger partial charge in [-0.25, -0.2) is 9.97 Å². The smallest absolute Gasteiger partial charge is 0.184 e. The lowest BCUT2D eigenvalue weighted by Crippen LogP contribution is -2.34. The minimum absolute atomic E-state index is 0.0285. The first-order chi connectivity index (χ1) is 15.7. The zero-order valence-electron chi connectivity index (χ0n) is 19.4. The summed E-state index contributed by atoms with van der Waals surface area (Å²) in [5.41, 5.74) is 2.44. The van der Waals surface area contributed by atoms with Crippen LogP contribution in [-0.2, 0) is 18.4 Å². The summed E-state index contributed by atoms with van der Waals surface area (Å²) in [4.78, 5) is 21.6. The van der Waals surface area contributed by atoms with Gasteiger partial charge in [0.05, 0.1) is 41.0 Å². The zero-order valence-corrected chi connectivity index (χ0v) is 20.2. The molecule has 0 aliphatic heterocycles. The van der Waals surface area contributed by atoms with E-state index in [1.54, 1.807) is 37.4 Å². The lowest BCUT2D eigenvalue weighted by atomic mass is 10.1. The standard InChI is InChI=1S/C23H28N6O3S/c1-23(2,3)33(31)28-19-11-18(16(12-24-19)20(30)14-9-10-14)26-17-8-6-7-15(21(17)32-5)22-25-13-29(4)27-22/h6-8,11-14H,9-10H2,1-5H3,(H2,24,26,28)/t33-/m1/s1. The van der Waals surface area contributed by atoms with Gasteiger partial charge in [-0.15, -0.1) is 0 Å². The third kappa shape index (κ3) is 5.12. The van der Waals surface area contributed by atoms with Gasteiger partial charge in [0, 0.05) is 25.2 Å². The number of ether oxygens (including phenoxy) is 1. The third-order valence-corrected chi connectivity index (χ3v) is 6.71. The fraction of sp³-hybridized carbons (Fsp3) is 0.391. The van der Waals surface area contributed by atoms with E-state index in [0.717, 1.165) is 18.4 Å². The molecule has 1 aromatic carbocycles. The van der Waals surface area contributed by atoms with Crippen LogP contribution in [0.4, 0.5) is 17.2 Å².